The zero-order valence-electron chi connectivity index (χ0n) is 8.08. The molecular formula is C10H14ClNO. The Hall–Kier alpha value is -1.20. The Bertz CT molecular complexity index is 255. The first-order valence-electron chi connectivity index (χ1n) is 3.88. The molecule has 0 saturated heterocycles. The number of phenols is 1. The van der Waals surface area contributed by atoms with Crippen LogP contribution in [0.2, 0.25) is 0 Å². The number of hydrogen-bond acceptors (Lipinski definition) is 1. The summed E-state index contributed by atoms with van der Waals surface area (Å²) in [6.45, 7) is 10.5. The topological polar surface area (TPSA) is 24.6 Å². The van der Waals surface area contributed by atoms with E-state index in [1.807, 2.05) is 13.8 Å². The van der Waals surface area contributed by atoms with E-state index in [9.17, 15) is 0 Å². The fourth-order valence-electron chi connectivity index (χ4n) is 0.559. The summed E-state index contributed by atoms with van der Waals surface area (Å²) in [6, 6.07) is 6.47. The minimum absolute atomic E-state index is 0.0486. The highest BCUT2D eigenvalue weighted by atomic mass is 35.5. The Labute approximate surface area is 84.6 Å². The highest BCUT2D eigenvalue weighted by Gasteiger charge is 1.93. The van der Waals surface area contributed by atoms with Crippen LogP contribution in [0.25, 0.3) is 4.85 Å². The van der Waals surface area contributed by atoms with Gasteiger partial charge in [0.15, 0.2) is 0 Å². The van der Waals surface area contributed by atoms with E-state index in [0.29, 0.717) is 5.69 Å². The van der Waals surface area contributed by atoms with Gasteiger partial charge < -0.3 is 5.11 Å². The van der Waals surface area contributed by atoms with Crippen LogP contribution in [-0.4, -0.2) is 11.5 Å². The molecule has 0 aliphatic carbocycles. The van der Waals surface area contributed by atoms with Gasteiger partial charge in [0.2, 0.25) is 5.69 Å². The van der Waals surface area contributed by atoms with E-state index >= 15 is 0 Å². The van der Waals surface area contributed by atoms with Crippen LogP contribution in [0.5, 0.6) is 5.75 Å². The average Bonchev–Trinajstić information content (AvgIpc) is 2.24. The van der Waals surface area contributed by atoms with Crippen molar-refractivity contribution in [3.8, 4) is 5.75 Å². The minimum atomic E-state index is 0.0486. The number of nitrogens with zero attached hydrogens (tertiary/aromatic N) is 1. The summed E-state index contributed by atoms with van der Waals surface area (Å²) in [6.07, 6.45) is 1.47. The third kappa shape index (κ3) is 6.01. The average molecular weight is 200 g/mol. The summed E-state index contributed by atoms with van der Waals surface area (Å²) in [7, 11) is 0. The number of rotatable bonds is 0. The standard InChI is InChI=1S/C7H5NO.C2H6.CH3Cl/c1-8-6-4-2-3-5-7(6)9;2*1-2/h2-5,9H;1-2H3;1H3. The molecule has 0 spiro atoms. The lowest BCUT2D eigenvalue weighted by atomic mass is 10.3. The molecule has 0 atom stereocenters. The Kier molecular flexibility index (Phi) is 11.9. The fourth-order valence-corrected chi connectivity index (χ4v) is 0.559. The molecule has 3 heteroatoms. The number of hydrogen-bond donors (Lipinski definition) is 1. The van der Waals surface area contributed by atoms with Crippen molar-refractivity contribution in [3.63, 3.8) is 0 Å². The summed E-state index contributed by atoms with van der Waals surface area (Å²) >= 11 is 4.64. The van der Waals surface area contributed by atoms with Crippen LogP contribution in [0.3, 0.4) is 0 Å². The van der Waals surface area contributed by atoms with Crippen LogP contribution in [0.4, 0.5) is 5.69 Å². The molecule has 0 aromatic heterocycles. The van der Waals surface area contributed by atoms with Crippen LogP contribution in [0.15, 0.2) is 24.3 Å². The van der Waals surface area contributed by atoms with Crippen LogP contribution in [-0.2, 0) is 0 Å². The number of phenolic OH excluding ortho intramolecular Hbond substituents is 1. The molecule has 0 bridgehead atoms. The summed E-state index contributed by atoms with van der Waals surface area (Å²) in [5.74, 6) is 0.0486. The second-order valence-corrected chi connectivity index (χ2v) is 1.60. The van der Waals surface area contributed by atoms with Crippen molar-refractivity contribution in [2.75, 3.05) is 6.38 Å². The molecule has 72 valence electrons. The zero-order valence-corrected chi connectivity index (χ0v) is 8.84. The van der Waals surface area contributed by atoms with Crippen LogP contribution < -0.4 is 0 Å². The summed E-state index contributed by atoms with van der Waals surface area (Å²) in [5.41, 5.74) is 0.303. The fraction of sp³-hybridized carbons (Fsp3) is 0.300. The summed E-state index contributed by atoms with van der Waals surface area (Å²) in [5, 5.41) is 8.90. The smallest absolute Gasteiger partial charge is 0.227 e. The molecule has 13 heavy (non-hydrogen) atoms. The molecule has 1 N–H and O–H groups in total. The third-order valence-corrected chi connectivity index (χ3v) is 1.00. The number of benzene rings is 1. The van der Waals surface area contributed by atoms with E-state index in [1.54, 1.807) is 18.2 Å². The van der Waals surface area contributed by atoms with E-state index in [4.69, 9.17) is 11.7 Å². The number of alkyl halides is 1. The van der Waals surface area contributed by atoms with E-state index in [2.05, 4.69) is 16.4 Å². The Morgan fingerprint density at radius 1 is 1.23 bits per heavy atom. The van der Waals surface area contributed by atoms with E-state index in [1.165, 1.54) is 12.4 Å². The third-order valence-electron chi connectivity index (χ3n) is 1.00. The maximum Gasteiger partial charge on any atom is 0.227 e. The van der Waals surface area contributed by atoms with Gasteiger partial charge in [-0.25, -0.2) is 4.85 Å². The molecule has 1 aromatic carbocycles. The first kappa shape index (κ1) is 14.3. The quantitative estimate of drug-likeness (QED) is 0.499. The maximum absolute atomic E-state index is 8.90. The molecule has 0 fully saturated rings. The maximum atomic E-state index is 8.90. The van der Waals surface area contributed by atoms with Gasteiger partial charge in [-0.2, -0.15) is 0 Å². The van der Waals surface area contributed by atoms with Gasteiger partial charge in [-0.05, 0) is 6.07 Å². The van der Waals surface area contributed by atoms with Gasteiger partial charge in [0.05, 0.1) is 6.57 Å². The van der Waals surface area contributed by atoms with Crippen molar-refractivity contribution in [2.45, 2.75) is 13.8 Å². The summed E-state index contributed by atoms with van der Waals surface area (Å²) in [4.78, 5) is 3.07. The Balaban J connectivity index is 0. The second kappa shape index (κ2) is 10.8. The first-order chi connectivity index (χ1) is 6.34. The highest BCUT2D eigenvalue weighted by Crippen LogP contribution is 2.23. The van der Waals surface area contributed by atoms with Crippen LogP contribution in [0, 0.1) is 6.57 Å². The predicted octanol–water partition coefficient (Wildman–Crippen LogP) is 3.82. The molecule has 0 heterocycles. The Morgan fingerprint density at radius 3 is 2.00 bits per heavy atom. The first-order valence-corrected chi connectivity index (χ1v) is 4.63. The van der Waals surface area contributed by atoms with Crippen LogP contribution >= 0.6 is 11.6 Å². The van der Waals surface area contributed by atoms with Crippen molar-refractivity contribution in [1.29, 1.82) is 0 Å². The van der Waals surface area contributed by atoms with Crippen molar-refractivity contribution in [2.24, 2.45) is 0 Å². The van der Waals surface area contributed by atoms with Crippen molar-refractivity contribution < 1.29 is 5.11 Å². The van der Waals surface area contributed by atoms with Gasteiger partial charge in [-0.3, -0.25) is 0 Å². The van der Waals surface area contributed by atoms with Gasteiger partial charge in [0.1, 0.15) is 5.75 Å². The normalized spacial score (nSPS) is 6.69. The predicted molar refractivity (Wildman–Crippen MR) is 57.5 cm³/mol. The number of aromatic hydroxyl groups is 1. The number of halogens is 1. The number of para-hydroxylation sites is 2. The summed E-state index contributed by atoms with van der Waals surface area (Å²) < 4.78 is 0. The van der Waals surface area contributed by atoms with Gasteiger partial charge in [0, 0.05) is 6.38 Å². The Morgan fingerprint density at radius 2 is 1.69 bits per heavy atom. The molecule has 0 radical (unpaired) electrons. The molecule has 0 aliphatic rings. The van der Waals surface area contributed by atoms with Crippen LogP contribution in [0.1, 0.15) is 13.8 Å². The lowest BCUT2D eigenvalue weighted by molar-refractivity contribution is 0.478. The molecule has 0 aliphatic heterocycles. The SMILES string of the molecule is CC.CCl.[C-]#[N+]c1ccccc1O. The molecular weight excluding hydrogens is 186 g/mol. The van der Waals surface area contributed by atoms with Gasteiger partial charge >= 0.3 is 0 Å². The minimum Gasteiger partial charge on any atom is -0.519 e. The van der Waals surface area contributed by atoms with E-state index in [0.717, 1.165) is 0 Å². The molecule has 0 saturated carbocycles. The van der Waals surface area contributed by atoms with Crippen molar-refractivity contribution in [3.05, 3.63) is 35.7 Å². The molecule has 1 aromatic rings. The lowest BCUT2D eigenvalue weighted by Gasteiger charge is -1.90. The zero-order chi connectivity index (χ0) is 10.7. The molecule has 0 unspecified atom stereocenters. The van der Waals surface area contributed by atoms with Crippen molar-refractivity contribution >= 4 is 17.3 Å². The van der Waals surface area contributed by atoms with Gasteiger partial charge in [0.25, 0.3) is 0 Å². The molecule has 1 rings (SSSR count). The van der Waals surface area contributed by atoms with Gasteiger partial charge in [-0.1, -0.05) is 32.0 Å². The van der Waals surface area contributed by atoms with E-state index < -0.39 is 0 Å². The van der Waals surface area contributed by atoms with Gasteiger partial charge in [-0.15, -0.1) is 11.6 Å². The van der Waals surface area contributed by atoms with Crippen molar-refractivity contribution in [1.82, 2.24) is 0 Å². The largest absolute Gasteiger partial charge is 0.519 e. The monoisotopic (exact) mass is 199 g/mol. The van der Waals surface area contributed by atoms with E-state index in [-0.39, 0.29) is 5.75 Å². The second-order valence-electron chi connectivity index (χ2n) is 1.60. The molecule has 0 amide bonds. The highest BCUT2D eigenvalue weighted by molar-refractivity contribution is 6.15. The lowest BCUT2D eigenvalue weighted by Crippen LogP contribution is -1.61. The molecule has 2 nitrogen and oxygen atoms in total.